The van der Waals surface area contributed by atoms with E-state index >= 15 is 0 Å². The van der Waals surface area contributed by atoms with Gasteiger partial charge in [0.25, 0.3) is 0 Å². The maximum atomic E-state index is 13.4. The average molecular weight is 286 g/mol. The molecule has 0 aliphatic carbocycles. The van der Waals surface area contributed by atoms with Crippen molar-refractivity contribution in [3.63, 3.8) is 0 Å². The second-order valence-electron chi connectivity index (χ2n) is 4.65. The normalized spacial score (nSPS) is 13.5. The molecule has 1 N–H and O–H groups in total. The number of aliphatic hydroxyl groups excluding tert-OH is 1. The Morgan fingerprint density at radius 3 is 1.85 bits per heavy atom. The molecule has 2 aromatic carbocycles. The summed E-state index contributed by atoms with van der Waals surface area (Å²) < 4.78 is 13.4. The zero-order valence-electron chi connectivity index (χ0n) is 11.5. The number of hydrogen-bond acceptors (Lipinski definition) is 2. The van der Waals surface area contributed by atoms with E-state index in [-0.39, 0.29) is 0 Å². The van der Waals surface area contributed by atoms with Crippen molar-refractivity contribution in [2.75, 3.05) is 0 Å². The van der Waals surface area contributed by atoms with E-state index in [1.54, 1.807) is 11.9 Å². The van der Waals surface area contributed by atoms with Gasteiger partial charge in [0.2, 0.25) is 0 Å². The first-order chi connectivity index (χ1) is 9.66. The molecule has 0 fully saturated rings. The molecule has 1 atom stereocenters. The van der Waals surface area contributed by atoms with Gasteiger partial charge in [-0.1, -0.05) is 73.7 Å². The van der Waals surface area contributed by atoms with E-state index in [4.69, 9.17) is 0 Å². The summed E-state index contributed by atoms with van der Waals surface area (Å²) in [5.41, 5.74) is 0. The number of benzene rings is 2. The van der Waals surface area contributed by atoms with E-state index in [1.165, 1.54) is 0 Å². The third kappa shape index (κ3) is 3.27. The summed E-state index contributed by atoms with van der Waals surface area (Å²) in [4.78, 5) is 0. The van der Waals surface area contributed by atoms with Crippen LogP contribution >= 0.6 is 7.14 Å². The van der Waals surface area contributed by atoms with Crippen LogP contribution in [0, 0.1) is 0 Å². The molecule has 0 aromatic heterocycles. The van der Waals surface area contributed by atoms with Crippen LogP contribution in [0.1, 0.15) is 13.3 Å². The molecule has 2 nitrogen and oxygen atoms in total. The van der Waals surface area contributed by atoms with Crippen molar-refractivity contribution in [3.05, 3.63) is 72.6 Å². The van der Waals surface area contributed by atoms with Gasteiger partial charge in [-0.2, -0.15) is 0 Å². The van der Waals surface area contributed by atoms with Crippen LogP contribution in [0.25, 0.3) is 0 Å². The quantitative estimate of drug-likeness (QED) is 0.856. The van der Waals surface area contributed by atoms with Crippen molar-refractivity contribution in [2.45, 2.75) is 19.4 Å². The van der Waals surface area contributed by atoms with Gasteiger partial charge in [0.05, 0.1) is 6.10 Å². The van der Waals surface area contributed by atoms with E-state index in [2.05, 4.69) is 0 Å². The lowest BCUT2D eigenvalue weighted by Gasteiger charge is -2.15. The first kappa shape index (κ1) is 14.8. The molecule has 104 valence electrons. The predicted octanol–water partition coefficient (Wildman–Crippen LogP) is 3.29. The standard InChI is InChI=1S/C17H19O2P/c1-2-15(18)13-14-20(19,16-9-5-3-6-10-16)17-11-7-4-8-12-17/h3-15,18H,2H2,1H3/b14-13+/t15-/m1/s1. The lowest BCUT2D eigenvalue weighted by molar-refractivity contribution is 0.219. The second kappa shape index (κ2) is 6.69. The second-order valence-corrected chi connectivity index (χ2v) is 7.29. The highest BCUT2D eigenvalue weighted by molar-refractivity contribution is 7.81. The van der Waals surface area contributed by atoms with Crippen molar-refractivity contribution in [2.24, 2.45) is 0 Å². The molecule has 0 saturated carbocycles. The largest absolute Gasteiger partial charge is 0.389 e. The molecular formula is C17H19O2P. The molecule has 0 unspecified atom stereocenters. The van der Waals surface area contributed by atoms with Crippen molar-refractivity contribution < 1.29 is 9.67 Å². The SMILES string of the molecule is CC[C@@H](O)/C=C/P(=O)(c1ccccc1)c1ccccc1. The third-order valence-electron chi connectivity index (χ3n) is 3.22. The minimum absolute atomic E-state index is 0.559. The van der Waals surface area contributed by atoms with E-state index in [9.17, 15) is 9.67 Å². The fourth-order valence-electron chi connectivity index (χ4n) is 1.98. The number of hydrogen-bond donors (Lipinski definition) is 1. The Bertz CT molecular complexity index is 562. The van der Waals surface area contributed by atoms with Gasteiger partial charge in [0.15, 0.2) is 7.14 Å². The maximum Gasteiger partial charge on any atom is 0.163 e. The summed E-state index contributed by atoms with van der Waals surface area (Å²) in [6.45, 7) is 1.89. The van der Waals surface area contributed by atoms with Crippen LogP contribution in [-0.4, -0.2) is 11.2 Å². The van der Waals surface area contributed by atoms with Crippen LogP contribution in [-0.2, 0) is 4.57 Å². The Hall–Kier alpha value is -1.63. The van der Waals surface area contributed by atoms with Crippen LogP contribution in [0.5, 0.6) is 0 Å². The first-order valence-electron chi connectivity index (χ1n) is 6.75. The predicted molar refractivity (Wildman–Crippen MR) is 85.2 cm³/mol. The molecule has 0 bridgehead atoms. The molecule has 2 rings (SSSR count). The number of rotatable bonds is 5. The van der Waals surface area contributed by atoms with Gasteiger partial charge >= 0.3 is 0 Å². The summed E-state index contributed by atoms with van der Waals surface area (Å²) in [7, 11) is -2.83. The third-order valence-corrected chi connectivity index (χ3v) is 5.94. The van der Waals surface area contributed by atoms with Gasteiger partial charge in [0.1, 0.15) is 0 Å². The van der Waals surface area contributed by atoms with Gasteiger partial charge in [0, 0.05) is 10.6 Å². The molecule has 0 saturated heterocycles. The molecule has 20 heavy (non-hydrogen) atoms. The van der Waals surface area contributed by atoms with Gasteiger partial charge in [-0.25, -0.2) is 0 Å². The van der Waals surface area contributed by atoms with Gasteiger partial charge in [-0.05, 0) is 12.2 Å². The minimum atomic E-state index is -2.83. The molecule has 0 amide bonds. The van der Waals surface area contributed by atoms with Gasteiger partial charge in [-0.3, -0.25) is 0 Å². The van der Waals surface area contributed by atoms with Crippen LogP contribution in [0.2, 0.25) is 0 Å². The Morgan fingerprint density at radius 1 is 1.00 bits per heavy atom. The average Bonchev–Trinajstić information content (AvgIpc) is 2.54. The van der Waals surface area contributed by atoms with Crippen molar-refractivity contribution in [1.82, 2.24) is 0 Å². The van der Waals surface area contributed by atoms with Crippen LogP contribution in [0.3, 0.4) is 0 Å². The van der Waals surface area contributed by atoms with Gasteiger partial charge in [-0.15, -0.1) is 0 Å². The summed E-state index contributed by atoms with van der Waals surface area (Å²) in [5.74, 6) is 1.67. The summed E-state index contributed by atoms with van der Waals surface area (Å²) in [5, 5.41) is 11.3. The topological polar surface area (TPSA) is 37.3 Å². The minimum Gasteiger partial charge on any atom is -0.389 e. The van der Waals surface area contributed by atoms with E-state index in [0.29, 0.717) is 6.42 Å². The molecule has 2 aromatic rings. The van der Waals surface area contributed by atoms with E-state index in [1.807, 2.05) is 67.6 Å². The van der Waals surface area contributed by atoms with E-state index in [0.717, 1.165) is 10.6 Å². The van der Waals surface area contributed by atoms with Gasteiger partial charge < -0.3 is 9.67 Å². The highest BCUT2D eigenvalue weighted by atomic mass is 31.2. The van der Waals surface area contributed by atoms with Crippen LogP contribution in [0.15, 0.2) is 72.6 Å². The summed E-state index contributed by atoms with van der Waals surface area (Å²) >= 11 is 0. The molecular weight excluding hydrogens is 267 g/mol. The zero-order chi connectivity index (χ0) is 14.4. The lowest BCUT2D eigenvalue weighted by atomic mass is 10.3. The molecule has 0 aliphatic heterocycles. The van der Waals surface area contributed by atoms with Crippen molar-refractivity contribution >= 4 is 17.8 Å². The van der Waals surface area contributed by atoms with Crippen LogP contribution in [0.4, 0.5) is 0 Å². The zero-order valence-corrected chi connectivity index (χ0v) is 12.4. The highest BCUT2D eigenvalue weighted by Crippen LogP contribution is 2.44. The highest BCUT2D eigenvalue weighted by Gasteiger charge is 2.23. The van der Waals surface area contributed by atoms with E-state index < -0.39 is 13.2 Å². The molecule has 0 aliphatic rings. The first-order valence-corrected chi connectivity index (χ1v) is 8.53. The Labute approximate surface area is 120 Å². The lowest BCUT2D eigenvalue weighted by Crippen LogP contribution is -2.14. The summed E-state index contributed by atoms with van der Waals surface area (Å²) in [6.07, 6.45) is 1.69. The Balaban J connectivity index is 2.50. The monoisotopic (exact) mass is 286 g/mol. The smallest absolute Gasteiger partial charge is 0.163 e. The Morgan fingerprint density at radius 2 is 1.45 bits per heavy atom. The van der Waals surface area contributed by atoms with Crippen LogP contribution < -0.4 is 10.6 Å². The molecule has 0 heterocycles. The van der Waals surface area contributed by atoms with Crippen molar-refractivity contribution in [3.8, 4) is 0 Å². The fourth-order valence-corrected chi connectivity index (χ4v) is 4.29. The fraction of sp³-hybridized carbons (Fsp3) is 0.176. The molecule has 0 spiro atoms. The molecule has 3 heteroatoms. The maximum absolute atomic E-state index is 13.4. The summed E-state index contributed by atoms with van der Waals surface area (Å²) in [6, 6.07) is 18.8. The Kier molecular flexibility index (Phi) is 4.94. The number of aliphatic hydroxyl groups is 1. The molecule has 0 radical (unpaired) electrons. The van der Waals surface area contributed by atoms with Crippen molar-refractivity contribution in [1.29, 1.82) is 0 Å².